The highest BCUT2D eigenvalue weighted by Gasteiger charge is 2.44. The maximum atomic E-state index is 10.4. The second-order valence-corrected chi connectivity index (χ2v) is 6.18. The first kappa shape index (κ1) is 17.5. The molecule has 1 aliphatic rings. The second-order valence-electron chi connectivity index (χ2n) is 4.94. The summed E-state index contributed by atoms with van der Waals surface area (Å²) in [6, 6.07) is 6.06. The van der Waals surface area contributed by atoms with Gasteiger partial charge in [0.25, 0.3) is 0 Å². The minimum Gasteiger partial charge on any atom is -0.394 e. The lowest BCUT2D eigenvalue weighted by atomic mass is 10.0. The van der Waals surface area contributed by atoms with Crippen LogP contribution in [-0.2, 0) is 0 Å². The molecule has 1 aromatic carbocycles. The SMILES string of the molecule is OC[C@@H](O)[C@@H](O)[C@H](O)[C@H]1NC(=S)N(c2ccccc2Br)[C@@H]1O. The standard InChI is InChI=1S/C13H17BrN2O5S/c14-6-3-1-2-4-7(6)16-12(21)9(15-13(16)22)11(20)10(19)8(18)5-17/h1-4,8-12,17-21H,5H2,(H,15,22)/t8-,9-,10-,11-,12-/m1/s1. The number of nitrogens with one attached hydrogen (secondary N) is 1. The number of benzene rings is 1. The van der Waals surface area contributed by atoms with Crippen LogP contribution in [0.3, 0.4) is 0 Å². The molecule has 5 atom stereocenters. The van der Waals surface area contributed by atoms with Crippen molar-refractivity contribution in [1.29, 1.82) is 0 Å². The van der Waals surface area contributed by atoms with Crippen molar-refractivity contribution in [3.8, 4) is 0 Å². The topological polar surface area (TPSA) is 116 Å². The Balaban J connectivity index is 2.22. The van der Waals surface area contributed by atoms with Crippen molar-refractivity contribution < 1.29 is 25.5 Å². The van der Waals surface area contributed by atoms with Gasteiger partial charge in [0.05, 0.1) is 12.3 Å². The van der Waals surface area contributed by atoms with Gasteiger partial charge in [-0.25, -0.2) is 0 Å². The van der Waals surface area contributed by atoms with Gasteiger partial charge >= 0.3 is 0 Å². The van der Waals surface area contributed by atoms with E-state index in [1.165, 1.54) is 4.90 Å². The normalized spacial score (nSPS) is 25.7. The molecule has 1 heterocycles. The summed E-state index contributed by atoms with van der Waals surface area (Å²) in [7, 11) is 0. The van der Waals surface area contributed by atoms with Crippen molar-refractivity contribution in [3.63, 3.8) is 0 Å². The van der Waals surface area contributed by atoms with E-state index in [1.807, 2.05) is 0 Å². The van der Waals surface area contributed by atoms with Gasteiger partial charge in [-0.1, -0.05) is 12.1 Å². The summed E-state index contributed by atoms with van der Waals surface area (Å²) >= 11 is 8.52. The zero-order valence-corrected chi connectivity index (χ0v) is 13.8. The predicted molar refractivity (Wildman–Crippen MR) is 87.3 cm³/mol. The van der Waals surface area contributed by atoms with E-state index in [9.17, 15) is 20.4 Å². The molecular formula is C13H17BrN2O5S. The quantitative estimate of drug-likeness (QED) is 0.350. The Morgan fingerprint density at radius 2 is 1.91 bits per heavy atom. The number of aliphatic hydroxyl groups excluding tert-OH is 5. The monoisotopic (exact) mass is 392 g/mol. The van der Waals surface area contributed by atoms with Gasteiger partial charge in [0.1, 0.15) is 24.4 Å². The smallest absolute Gasteiger partial charge is 0.176 e. The van der Waals surface area contributed by atoms with Crippen LogP contribution in [0.2, 0.25) is 0 Å². The van der Waals surface area contributed by atoms with Gasteiger partial charge in [0.15, 0.2) is 11.3 Å². The number of aliphatic hydroxyl groups is 5. The number of hydrogen-bond acceptors (Lipinski definition) is 6. The van der Waals surface area contributed by atoms with Crippen molar-refractivity contribution >= 4 is 38.9 Å². The highest BCUT2D eigenvalue weighted by Crippen LogP contribution is 2.31. The van der Waals surface area contributed by atoms with Gasteiger partial charge in [0, 0.05) is 4.47 Å². The van der Waals surface area contributed by atoms with Gasteiger partial charge in [-0.15, -0.1) is 0 Å². The fraction of sp³-hybridized carbons (Fsp3) is 0.462. The Morgan fingerprint density at radius 3 is 2.50 bits per heavy atom. The zero-order chi connectivity index (χ0) is 16.4. The van der Waals surface area contributed by atoms with Crippen LogP contribution in [0, 0.1) is 0 Å². The number of halogens is 1. The summed E-state index contributed by atoms with van der Waals surface area (Å²) in [5, 5.41) is 51.4. The van der Waals surface area contributed by atoms with E-state index >= 15 is 0 Å². The Morgan fingerprint density at radius 1 is 1.27 bits per heavy atom. The highest BCUT2D eigenvalue weighted by molar-refractivity contribution is 9.10. The Hall–Kier alpha value is -0.810. The van der Waals surface area contributed by atoms with Crippen LogP contribution in [0.15, 0.2) is 28.7 Å². The first-order chi connectivity index (χ1) is 10.4. The van der Waals surface area contributed by atoms with Gasteiger partial charge in [-0.05, 0) is 40.3 Å². The molecule has 0 bridgehead atoms. The molecule has 0 amide bonds. The van der Waals surface area contributed by atoms with E-state index in [2.05, 4.69) is 21.2 Å². The molecule has 22 heavy (non-hydrogen) atoms. The summed E-state index contributed by atoms with van der Waals surface area (Å²) in [4.78, 5) is 1.39. The lowest BCUT2D eigenvalue weighted by Crippen LogP contribution is -2.53. The number of hydrogen-bond donors (Lipinski definition) is 6. The first-order valence-corrected chi connectivity index (χ1v) is 7.76. The van der Waals surface area contributed by atoms with Gasteiger partial charge in [-0.3, -0.25) is 4.90 Å². The van der Waals surface area contributed by atoms with Crippen LogP contribution < -0.4 is 10.2 Å². The lowest BCUT2D eigenvalue weighted by molar-refractivity contribution is -0.0946. The van der Waals surface area contributed by atoms with Crippen LogP contribution >= 0.6 is 28.1 Å². The average molecular weight is 393 g/mol. The molecule has 0 spiro atoms. The van der Waals surface area contributed by atoms with Crippen LogP contribution in [0.1, 0.15) is 0 Å². The Kier molecular flexibility index (Phi) is 5.72. The van der Waals surface area contributed by atoms with Crippen molar-refractivity contribution in [2.45, 2.75) is 30.6 Å². The molecule has 0 radical (unpaired) electrons. The minimum absolute atomic E-state index is 0.175. The summed E-state index contributed by atoms with van der Waals surface area (Å²) in [5.41, 5.74) is 0.597. The van der Waals surface area contributed by atoms with Gasteiger partial charge in [0.2, 0.25) is 0 Å². The third-order valence-electron chi connectivity index (χ3n) is 3.51. The van der Waals surface area contributed by atoms with Gasteiger partial charge < -0.3 is 30.8 Å². The molecule has 1 aromatic rings. The Bertz CT molecular complexity index is 549. The molecule has 6 N–H and O–H groups in total. The maximum absolute atomic E-state index is 10.4. The molecule has 7 nitrogen and oxygen atoms in total. The molecule has 0 saturated carbocycles. The minimum atomic E-state index is -1.63. The first-order valence-electron chi connectivity index (χ1n) is 6.56. The third-order valence-corrected chi connectivity index (χ3v) is 4.49. The molecule has 2 rings (SSSR count). The van der Waals surface area contributed by atoms with E-state index in [-0.39, 0.29) is 5.11 Å². The molecule has 9 heteroatoms. The molecule has 1 fully saturated rings. The zero-order valence-electron chi connectivity index (χ0n) is 11.4. The van der Waals surface area contributed by atoms with E-state index in [0.29, 0.717) is 10.2 Å². The van der Waals surface area contributed by atoms with Crippen LogP contribution in [0.25, 0.3) is 0 Å². The molecule has 1 aliphatic heterocycles. The van der Waals surface area contributed by atoms with Crippen molar-refractivity contribution in [3.05, 3.63) is 28.7 Å². The third kappa shape index (κ3) is 3.25. The average Bonchev–Trinajstić information content (AvgIpc) is 2.80. The number of anilines is 1. The summed E-state index contributed by atoms with van der Waals surface area (Å²) in [6.45, 7) is -0.709. The van der Waals surface area contributed by atoms with E-state index in [4.69, 9.17) is 17.3 Å². The molecule has 0 aliphatic carbocycles. The van der Waals surface area contributed by atoms with Crippen LogP contribution in [-0.4, -0.2) is 67.8 Å². The number of rotatable bonds is 5. The van der Waals surface area contributed by atoms with E-state index in [0.717, 1.165) is 0 Å². The second kappa shape index (κ2) is 7.18. The number of thiocarbonyl (C=S) groups is 1. The number of para-hydroxylation sites is 1. The maximum Gasteiger partial charge on any atom is 0.176 e. The van der Waals surface area contributed by atoms with Crippen molar-refractivity contribution in [1.82, 2.24) is 5.32 Å². The molecule has 1 saturated heterocycles. The summed E-state index contributed by atoms with van der Waals surface area (Å²) in [6.07, 6.45) is -5.92. The molecule has 122 valence electrons. The number of nitrogens with zero attached hydrogens (tertiary/aromatic N) is 1. The lowest BCUT2D eigenvalue weighted by Gasteiger charge is -2.29. The molecular weight excluding hydrogens is 376 g/mol. The largest absolute Gasteiger partial charge is 0.394 e. The Labute approximate surface area is 140 Å². The van der Waals surface area contributed by atoms with Crippen LogP contribution in [0.5, 0.6) is 0 Å². The molecule has 0 unspecified atom stereocenters. The van der Waals surface area contributed by atoms with E-state index < -0.39 is 37.2 Å². The van der Waals surface area contributed by atoms with Gasteiger partial charge in [-0.2, -0.15) is 0 Å². The van der Waals surface area contributed by atoms with Crippen LogP contribution in [0.4, 0.5) is 5.69 Å². The molecule has 0 aromatic heterocycles. The fourth-order valence-electron chi connectivity index (χ4n) is 2.28. The van der Waals surface area contributed by atoms with Crippen molar-refractivity contribution in [2.24, 2.45) is 0 Å². The summed E-state index contributed by atoms with van der Waals surface area (Å²) < 4.78 is 0.698. The predicted octanol–water partition coefficient (Wildman–Crippen LogP) is -1.09. The summed E-state index contributed by atoms with van der Waals surface area (Å²) in [5.74, 6) is 0. The van der Waals surface area contributed by atoms with E-state index in [1.54, 1.807) is 24.3 Å². The fourth-order valence-corrected chi connectivity index (χ4v) is 3.09. The highest BCUT2D eigenvalue weighted by atomic mass is 79.9. The van der Waals surface area contributed by atoms with Crippen molar-refractivity contribution in [2.75, 3.05) is 11.5 Å².